The van der Waals surface area contributed by atoms with Crippen molar-refractivity contribution in [3.63, 3.8) is 0 Å². The molecule has 7 heteroatoms. The highest BCUT2D eigenvalue weighted by molar-refractivity contribution is 7.09. The zero-order valence-corrected chi connectivity index (χ0v) is 12.0. The van der Waals surface area contributed by atoms with E-state index in [0.717, 1.165) is 22.0 Å². The first-order valence-corrected chi connectivity index (χ1v) is 6.82. The molecule has 19 heavy (non-hydrogen) atoms. The average molecular weight is 298 g/mol. The summed E-state index contributed by atoms with van der Waals surface area (Å²) in [6.45, 7) is 4.32. The number of hydrogen-bond donors (Lipinski definition) is 1. The van der Waals surface area contributed by atoms with Crippen LogP contribution in [0.4, 0.5) is 11.4 Å². The number of thiazole rings is 1. The predicted octanol–water partition coefficient (Wildman–Crippen LogP) is 3.93. The Morgan fingerprint density at radius 1 is 1.47 bits per heavy atom. The van der Waals surface area contributed by atoms with Gasteiger partial charge in [-0.1, -0.05) is 11.6 Å². The summed E-state index contributed by atoms with van der Waals surface area (Å²) in [6, 6.07) is 3.05. The summed E-state index contributed by atoms with van der Waals surface area (Å²) in [7, 11) is 0. The van der Waals surface area contributed by atoms with E-state index in [1.54, 1.807) is 24.3 Å². The van der Waals surface area contributed by atoms with Crippen LogP contribution in [0, 0.1) is 24.0 Å². The number of nitrogens with one attached hydrogen (secondary N) is 1. The number of halogens is 1. The second-order valence-electron chi connectivity index (χ2n) is 4.11. The molecule has 0 saturated carbocycles. The fourth-order valence-corrected chi connectivity index (χ4v) is 2.60. The highest BCUT2D eigenvalue weighted by Crippen LogP contribution is 2.30. The van der Waals surface area contributed by atoms with Gasteiger partial charge in [0.1, 0.15) is 10.0 Å². The number of benzene rings is 1. The van der Waals surface area contributed by atoms with Crippen LogP contribution in [0.1, 0.15) is 16.3 Å². The van der Waals surface area contributed by atoms with Gasteiger partial charge >= 0.3 is 0 Å². The Kier molecular flexibility index (Phi) is 4.01. The molecule has 1 aromatic heterocycles. The third-order valence-corrected chi connectivity index (χ3v) is 3.86. The SMILES string of the molecule is Cc1csc(CNc2cc(Cl)c([N+](=O)[O-])cc2C)n1. The van der Waals surface area contributed by atoms with Crippen LogP contribution in [0.2, 0.25) is 5.02 Å². The van der Waals surface area contributed by atoms with Crippen molar-refractivity contribution in [1.29, 1.82) is 0 Å². The van der Waals surface area contributed by atoms with Crippen LogP contribution < -0.4 is 5.32 Å². The average Bonchev–Trinajstić information content (AvgIpc) is 2.75. The minimum absolute atomic E-state index is 0.0743. The summed E-state index contributed by atoms with van der Waals surface area (Å²) in [5.41, 5.74) is 2.47. The van der Waals surface area contributed by atoms with E-state index < -0.39 is 4.92 Å². The Labute approximate surface area is 119 Å². The molecule has 0 bridgehead atoms. The highest BCUT2D eigenvalue weighted by Gasteiger charge is 2.14. The molecule has 2 aromatic rings. The smallest absolute Gasteiger partial charge is 0.288 e. The maximum Gasteiger partial charge on any atom is 0.288 e. The quantitative estimate of drug-likeness (QED) is 0.685. The van der Waals surface area contributed by atoms with Gasteiger partial charge in [-0.15, -0.1) is 11.3 Å². The van der Waals surface area contributed by atoms with Gasteiger partial charge in [0.15, 0.2) is 0 Å². The summed E-state index contributed by atoms with van der Waals surface area (Å²) >= 11 is 7.46. The van der Waals surface area contributed by atoms with Gasteiger partial charge < -0.3 is 5.32 Å². The van der Waals surface area contributed by atoms with E-state index in [0.29, 0.717) is 6.54 Å². The molecule has 0 amide bonds. The van der Waals surface area contributed by atoms with Crippen molar-refractivity contribution in [3.05, 3.63) is 48.9 Å². The van der Waals surface area contributed by atoms with Crippen molar-refractivity contribution in [2.24, 2.45) is 0 Å². The van der Waals surface area contributed by atoms with Gasteiger partial charge in [-0.25, -0.2) is 4.98 Å². The Morgan fingerprint density at radius 3 is 2.79 bits per heavy atom. The Hall–Kier alpha value is -1.66. The zero-order valence-electron chi connectivity index (χ0n) is 10.4. The summed E-state index contributed by atoms with van der Waals surface area (Å²) < 4.78 is 0. The third-order valence-electron chi connectivity index (χ3n) is 2.59. The van der Waals surface area contributed by atoms with Crippen LogP contribution in [0.25, 0.3) is 0 Å². The number of hydrogen-bond acceptors (Lipinski definition) is 5. The second kappa shape index (κ2) is 5.54. The molecule has 0 radical (unpaired) electrons. The molecule has 1 aromatic carbocycles. The van der Waals surface area contributed by atoms with Gasteiger partial charge in [-0.3, -0.25) is 10.1 Å². The maximum atomic E-state index is 10.8. The fourth-order valence-electron chi connectivity index (χ4n) is 1.65. The summed E-state index contributed by atoms with van der Waals surface area (Å²) in [4.78, 5) is 14.6. The van der Waals surface area contributed by atoms with Gasteiger partial charge in [-0.05, 0) is 25.5 Å². The van der Waals surface area contributed by atoms with E-state index >= 15 is 0 Å². The lowest BCUT2D eigenvalue weighted by Gasteiger charge is -2.08. The molecule has 0 aliphatic rings. The summed E-state index contributed by atoms with van der Waals surface area (Å²) in [5, 5.41) is 17.0. The van der Waals surface area contributed by atoms with Crippen molar-refractivity contribution in [1.82, 2.24) is 4.98 Å². The predicted molar refractivity (Wildman–Crippen MR) is 77.0 cm³/mol. The molecule has 0 unspecified atom stereocenters. The summed E-state index contributed by atoms with van der Waals surface area (Å²) in [6.07, 6.45) is 0. The van der Waals surface area contributed by atoms with E-state index in [1.165, 1.54) is 6.07 Å². The number of rotatable bonds is 4. The number of nitro groups is 1. The Bertz CT molecular complexity index is 627. The van der Waals surface area contributed by atoms with E-state index in [9.17, 15) is 10.1 Å². The fraction of sp³-hybridized carbons (Fsp3) is 0.250. The standard InChI is InChI=1S/C12H12ClN3O2S/c1-7-3-11(16(17)18)9(13)4-10(7)14-5-12-15-8(2)6-19-12/h3-4,6,14H,5H2,1-2H3. The van der Waals surface area contributed by atoms with Crippen molar-refractivity contribution >= 4 is 34.3 Å². The van der Waals surface area contributed by atoms with Gasteiger partial charge in [0.25, 0.3) is 5.69 Å². The normalized spacial score (nSPS) is 10.5. The molecule has 0 spiro atoms. The molecule has 1 heterocycles. The van der Waals surface area contributed by atoms with Crippen LogP contribution in [0.15, 0.2) is 17.5 Å². The highest BCUT2D eigenvalue weighted by atomic mass is 35.5. The van der Waals surface area contributed by atoms with E-state index in [2.05, 4.69) is 10.3 Å². The first kappa shape index (κ1) is 13.8. The monoisotopic (exact) mass is 297 g/mol. The molecule has 0 atom stereocenters. The maximum absolute atomic E-state index is 10.8. The molecule has 100 valence electrons. The van der Waals surface area contributed by atoms with E-state index in [1.807, 2.05) is 12.3 Å². The number of nitrogens with zero attached hydrogens (tertiary/aromatic N) is 2. The second-order valence-corrected chi connectivity index (χ2v) is 5.46. The zero-order chi connectivity index (χ0) is 14.0. The van der Waals surface area contributed by atoms with Gasteiger partial charge in [-0.2, -0.15) is 0 Å². The number of aryl methyl sites for hydroxylation is 2. The number of nitro benzene ring substituents is 1. The van der Waals surface area contributed by atoms with Crippen molar-refractivity contribution in [3.8, 4) is 0 Å². The van der Waals surface area contributed by atoms with Crippen molar-refractivity contribution in [2.75, 3.05) is 5.32 Å². The van der Waals surface area contributed by atoms with Crippen LogP contribution in [0.5, 0.6) is 0 Å². The van der Waals surface area contributed by atoms with Crippen LogP contribution in [-0.2, 0) is 6.54 Å². The minimum Gasteiger partial charge on any atom is -0.378 e. The van der Waals surface area contributed by atoms with E-state index in [4.69, 9.17) is 11.6 Å². The molecule has 2 rings (SSSR count). The molecule has 0 aliphatic heterocycles. The van der Waals surface area contributed by atoms with Gasteiger partial charge in [0.2, 0.25) is 0 Å². The molecular formula is C12H12ClN3O2S. The van der Waals surface area contributed by atoms with Crippen LogP contribution in [0.3, 0.4) is 0 Å². The molecule has 0 fully saturated rings. The first-order chi connectivity index (χ1) is 8.97. The topological polar surface area (TPSA) is 68.1 Å². The van der Waals surface area contributed by atoms with Gasteiger partial charge in [0.05, 0.1) is 11.5 Å². The summed E-state index contributed by atoms with van der Waals surface area (Å²) in [5.74, 6) is 0. The van der Waals surface area contributed by atoms with Gasteiger partial charge in [0, 0.05) is 22.8 Å². The molecule has 1 N–H and O–H groups in total. The molecule has 0 aliphatic carbocycles. The molecule has 5 nitrogen and oxygen atoms in total. The minimum atomic E-state index is -0.483. The first-order valence-electron chi connectivity index (χ1n) is 5.57. The van der Waals surface area contributed by atoms with Crippen LogP contribution in [-0.4, -0.2) is 9.91 Å². The van der Waals surface area contributed by atoms with Crippen molar-refractivity contribution in [2.45, 2.75) is 20.4 Å². The Morgan fingerprint density at radius 2 is 2.21 bits per heavy atom. The Balaban J connectivity index is 2.17. The number of aromatic nitrogens is 1. The van der Waals surface area contributed by atoms with E-state index in [-0.39, 0.29) is 10.7 Å². The van der Waals surface area contributed by atoms with Crippen molar-refractivity contribution < 1.29 is 4.92 Å². The largest absolute Gasteiger partial charge is 0.378 e. The van der Waals surface area contributed by atoms with Crippen LogP contribution >= 0.6 is 22.9 Å². The lowest BCUT2D eigenvalue weighted by atomic mass is 10.2. The molecular weight excluding hydrogens is 286 g/mol. The molecule has 0 saturated heterocycles. The third kappa shape index (κ3) is 3.21. The lowest BCUT2D eigenvalue weighted by molar-refractivity contribution is -0.384. The number of anilines is 1. The lowest BCUT2D eigenvalue weighted by Crippen LogP contribution is -2.02.